The summed E-state index contributed by atoms with van der Waals surface area (Å²) in [5.41, 5.74) is -1.98. The van der Waals surface area contributed by atoms with Gasteiger partial charge in [-0.25, -0.2) is 4.79 Å². The van der Waals surface area contributed by atoms with Crippen LogP contribution in [0.15, 0.2) is 0 Å². The first-order chi connectivity index (χ1) is 15.3. The van der Waals surface area contributed by atoms with E-state index in [0.717, 1.165) is 16.7 Å². The van der Waals surface area contributed by atoms with E-state index in [9.17, 15) is 19.8 Å². The van der Waals surface area contributed by atoms with Gasteiger partial charge in [-0.1, -0.05) is 6.92 Å². The van der Waals surface area contributed by atoms with Gasteiger partial charge in [0.15, 0.2) is 0 Å². The molecule has 1 aromatic rings. The summed E-state index contributed by atoms with van der Waals surface area (Å²) in [5.74, 6) is -0.0253. The van der Waals surface area contributed by atoms with Crippen LogP contribution in [0.3, 0.4) is 0 Å². The number of cyclic esters (lactones) is 2. The third-order valence-corrected chi connectivity index (χ3v) is 8.96. The summed E-state index contributed by atoms with van der Waals surface area (Å²) in [6.45, 7) is 9.26. The Balaban J connectivity index is 1.73. The van der Waals surface area contributed by atoms with Gasteiger partial charge in [-0.2, -0.15) is 0 Å². The van der Waals surface area contributed by atoms with E-state index in [1.807, 2.05) is 20.8 Å². The maximum absolute atomic E-state index is 12.5. The second kappa shape index (κ2) is 6.63. The number of benzene rings is 1. The van der Waals surface area contributed by atoms with Crippen LogP contribution in [0.25, 0.3) is 0 Å². The largest absolute Gasteiger partial charge is 0.495 e. The number of ether oxygens (including phenoxy) is 4. The number of methoxy groups -OCH3 is 1. The molecule has 1 saturated carbocycles. The lowest BCUT2D eigenvalue weighted by Crippen LogP contribution is -2.76. The smallest absolute Gasteiger partial charge is 0.342 e. The van der Waals surface area contributed by atoms with Gasteiger partial charge in [0.2, 0.25) is 0 Å². The van der Waals surface area contributed by atoms with Crippen LogP contribution < -0.4 is 9.47 Å². The topological polar surface area (TPSA) is 112 Å². The number of aliphatic hydroxyl groups is 2. The van der Waals surface area contributed by atoms with Crippen LogP contribution in [0, 0.1) is 18.3 Å². The number of carbonyl (C=O) groups is 2. The Morgan fingerprint density at radius 2 is 1.79 bits per heavy atom. The zero-order valence-corrected chi connectivity index (χ0v) is 20.0. The molecule has 0 bridgehead atoms. The van der Waals surface area contributed by atoms with Crippen molar-refractivity contribution in [1.82, 2.24) is 0 Å². The number of esters is 2. The highest BCUT2D eigenvalue weighted by Gasteiger charge is 2.73. The van der Waals surface area contributed by atoms with Crippen LogP contribution in [-0.2, 0) is 27.3 Å². The fraction of sp³-hybridized carbons (Fsp3) is 0.680. The van der Waals surface area contributed by atoms with Crippen molar-refractivity contribution >= 4 is 11.9 Å². The standard InChI is InChI=1S/C25H32O8/c1-12-14-11-31-21(28)18(14)20(30-6)13-9-15-23(4)8-7-17(27)32-22(2,3)25(23,29)16(26)10-24(15,5)33-19(12)13/h15-16,26,29H,7-11H2,1-6H3/t15-,16-,23+,24+,25-/m0/s1. The SMILES string of the molecule is COc1c2c(c(C)c3c1C(=O)OC3)O[C@]1(C)C[C@H](O)[C@]3(O)C(C)(C)OC(=O)CC[C@]3(C)[C@@H]1C2. The highest BCUT2D eigenvalue weighted by atomic mass is 16.6. The second-order valence-corrected chi connectivity index (χ2v) is 11.0. The lowest BCUT2D eigenvalue weighted by molar-refractivity contribution is -0.302. The highest BCUT2D eigenvalue weighted by molar-refractivity contribution is 5.98. The van der Waals surface area contributed by atoms with Crippen molar-refractivity contribution in [3.63, 3.8) is 0 Å². The Bertz CT molecular complexity index is 1080. The molecule has 1 aromatic carbocycles. The molecule has 2 fully saturated rings. The van der Waals surface area contributed by atoms with E-state index in [-0.39, 0.29) is 25.4 Å². The molecule has 180 valence electrons. The van der Waals surface area contributed by atoms with Gasteiger partial charge in [0.1, 0.15) is 40.5 Å². The molecule has 8 nitrogen and oxygen atoms in total. The summed E-state index contributed by atoms with van der Waals surface area (Å²) in [5, 5.41) is 23.5. The highest BCUT2D eigenvalue weighted by Crippen LogP contribution is 2.64. The van der Waals surface area contributed by atoms with E-state index in [4.69, 9.17) is 18.9 Å². The Kier molecular flexibility index (Phi) is 4.51. The molecule has 0 radical (unpaired) electrons. The Hall–Kier alpha value is -2.32. The quantitative estimate of drug-likeness (QED) is 0.615. The average molecular weight is 461 g/mol. The van der Waals surface area contributed by atoms with Gasteiger partial charge in [0.25, 0.3) is 0 Å². The van der Waals surface area contributed by atoms with Crippen LogP contribution in [0.1, 0.15) is 74.0 Å². The van der Waals surface area contributed by atoms with Gasteiger partial charge in [-0.15, -0.1) is 0 Å². The molecule has 2 N–H and O–H groups in total. The van der Waals surface area contributed by atoms with Crippen molar-refractivity contribution in [1.29, 1.82) is 0 Å². The molecule has 0 spiro atoms. The molecule has 1 saturated heterocycles. The van der Waals surface area contributed by atoms with Crippen molar-refractivity contribution in [2.75, 3.05) is 7.11 Å². The van der Waals surface area contributed by atoms with Crippen molar-refractivity contribution in [2.24, 2.45) is 11.3 Å². The number of fused-ring (bicyclic) bond motifs is 5. The van der Waals surface area contributed by atoms with Crippen molar-refractivity contribution in [3.05, 3.63) is 22.3 Å². The fourth-order valence-electron chi connectivity index (χ4n) is 7.31. The summed E-state index contributed by atoms with van der Waals surface area (Å²) < 4.78 is 23.3. The molecular formula is C25H32O8. The first kappa shape index (κ1) is 22.5. The third-order valence-electron chi connectivity index (χ3n) is 8.96. The monoisotopic (exact) mass is 460 g/mol. The lowest BCUT2D eigenvalue weighted by Gasteiger charge is -2.65. The van der Waals surface area contributed by atoms with Crippen LogP contribution in [0.2, 0.25) is 0 Å². The molecule has 1 aliphatic carbocycles. The van der Waals surface area contributed by atoms with E-state index >= 15 is 0 Å². The lowest BCUT2D eigenvalue weighted by atomic mass is 9.46. The fourth-order valence-corrected chi connectivity index (χ4v) is 7.31. The van der Waals surface area contributed by atoms with Crippen molar-refractivity contribution in [2.45, 2.75) is 89.8 Å². The number of rotatable bonds is 1. The maximum atomic E-state index is 12.5. The van der Waals surface area contributed by atoms with E-state index < -0.39 is 40.3 Å². The van der Waals surface area contributed by atoms with Gasteiger partial charge in [-0.05, 0) is 46.1 Å². The Morgan fingerprint density at radius 1 is 1.09 bits per heavy atom. The predicted octanol–water partition coefficient (Wildman–Crippen LogP) is 2.60. The van der Waals surface area contributed by atoms with Gasteiger partial charge in [-0.3, -0.25) is 4.79 Å². The zero-order valence-electron chi connectivity index (χ0n) is 20.0. The molecule has 0 aromatic heterocycles. The molecule has 5 atom stereocenters. The number of carbonyl (C=O) groups excluding carboxylic acids is 2. The van der Waals surface area contributed by atoms with Crippen molar-refractivity contribution < 1.29 is 38.7 Å². The minimum Gasteiger partial charge on any atom is -0.495 e. The first-order valence-electron chi connectivity index (χ1n) is 11.5. The van der Waals surface area contributed by atoms with Gasteiger partial charge >= 0.3 is 11.9 Å². The average Bonchev–Trinajstić information content (AvgIpc) is 3.09. The summed E-state index contributed by atoms with van der Waals surface area (Å²) in [6, 6.07) is 0. The van der Waals surface area contributed by atoms with E-state index in [0.29, 0.717) is 29.9 Å². The number of aliphatic hydroxyl groups excluding tert-OH is 1. The first-order valence-corrected chi connectivity index (χ1v) is 11.5. The molecule has 0 unspecified atom stereocenters. The van der Waals surface area contributed by atoms with E-state index in [2.05, 4.69) is 0 Å². The number of hydrogen-bond acceptors (Lipinski definition) is 8. The van der Waals surface area contributed by atoms with Gasteiger partial charge in [0.05, 0.1) is 13.2 Å². The second-order valence-electron chi connectivity index (χ2n) is 11.0. The molecule has 4 aliphatic rings. The Labute approximate surface area is 193 Å². The van der Waals surface area contributed by atoms with Gasteiger partial charge in [0, 0.05) is 35.3 Å². The predicted molar refractivity (Wildman–Crippen MR) is 116 cm³/mol. The molecular weight excluding hydrogens is 428 g/mol. The van der Waals surface area contributed by atoms with E-state index in [1.165, 1.54) is 7.11 Å². The third kappa shape index (κ3) is 2.59. The molecule has 5 rings (SSSR count). The summed E-state index contributed by atoms with van der Waals surface area (Å²) in [7, 11) is 1.52. The zero-order chi connectivity index (χ0) is 24.1. The molecule has 33 heavy (non-hydrogen) atoms. The Morgan fingerprint density at radius 3 is 2.45 bits per heavy atom. The van der Waals surface area contributed by atoms with Crippen LogP contribution >= 0.6 is 0 Å². The maximum Gasteiger partial charge on any atom is 0.342 e. The summed E-state index contributed by atoms with van der Waals surface area (Å²) >= 11 is 0. The van der Waals surface area contributed by atoms with Gasteiger partial charge < -0.3 is 29.2 Å². The summed E-state index contributed by atoms with van der Waals surface area (Å²) in [4.78, 5) is 25.0. The molecule has 0 amide bonds. The minimum absolute atomic E-state index is 0.126. The van der Waals surface area contributed by atoms with Crippen LogP contribution in [0.4, 0.5) is 0 Å². The van der Waals surface area contributed by atoms with Crippen molar-refractivity contribution in [3.8, 4) is 11.5 Å². The molecule has 3 heterocycles. The minimum atomic E-state index is -1.70. The van der Waals surface area contributed by atoms with E-state index in [1.54, 1.807) is 13.8 Å². The van der Waals surface area contributed by atoms with Crippen LogP contribution in [0.5, 0.6) is 11.5 Å². The normalized spacial score (nSPS) is 38.5. The number of hydrogen-bond donors (Lipinski definition) is 2. The van der Waals surface area contributed by atoms with Crippen LogP contribution in [-0.4, -0.2) is 52.2 Å². The molecule has 8 heteroatoms. The molecule has 3 aliphatic heterocycles. The summed E-state index contributed by atoms with van der Waals surface area (Å²) in [6.07, 6.45) is -0.102.